The molecule has 0 rings (SSSR count). The molecule has 2 unspecified atom stereocenters. The molecule has 0 fully saturated rings. The highest BCUT2D eigenvalue weighted by Crippen LogP contribution is 2.43. The molecule has 2 atom stereocenters. The van der Waals surface area contributed by atoms with Crippen LogP contribution in [0.4, 0.5) is 0 Å². The number of phosphoric ester groups is 1. The Morgan fingerprint density at radius 2 is 0.912 bits per heavy atom. The van der Waals surface area contributed by atoms with E-state index in [4.69, 9.17) is 24.3 Å². The van der Waals surface area contributed by atoms with Crippen LogP contribution in [0, 0.1) is 0 Å². The average Bonchev–Trinajstić information content (AvgIpc) is 3.20. The summed E-state index contributed by atoms with van der Waals surface area (Å²) in [6.07, 6.45) is 55.4. The molecule has 0 spiro atoms. The number of phosphoric acid groups is 1. The van der Waals surface area contributed by atoms with Gasteiger partial charge in [0.1, 0.15) is 6.61 Å². The highest BCUT2D eigenvalue weighted by molar-refractivity contribution is 7.47. The molecule has 0 saturated carbocycles. The van der Waals surface area contributed by atoms with Gasteiger partial charge in [-0.3, -0.25) is 18.6 Å². The van der Waals surface area contributed by atoms with E-state index in [1.165, 1.54) is 0 Å². The van der Waals surface area contributed by atoms with E-state index in [0.29, 0.717) is 12.8 Å². The van der Waals surface area contributed by atoms with Crippen LogP contribution < -0.4 is 5.73 Å². The molecule has 0 aliphatic rings. The van der Waals surface area contributed by atoms with Crippen LogP contribution >= 0.6 is 7.82 Å². The van der Waals surface area contributed by atoms with Gasteiger partial charge in [-0.2, -0.15) is 0 Å². The SMILES string of the molecule is CCC=CCC=CCC=CCC=CCC=CCCCCCC(=O)OCC(COP(=O)(O)OCCN)OC(=O)CCCCCCC=CCC=CCC=CCC=CCC. The largest absolute Gasteiger partial charge is 0.472 e. The van der Waals surface area contributed by atoms with Crippen LogP contribution in [0.1, 0.15) is 142 Å². The Hall–Kier alpha value is -3.33. The van der Waals surface area contributed by atoms with Crippen LogP contribution in [0.3, 0.4) is 0 Å². The molecule has 0 saturated heterocycles. The van der Waals surface area contributed by atoms with Gasteiger partial charge in [-0.05, 0) is 96.3 Å². The van der Waals surface area contributed by atoms with Crippen LogP contribution in [0.2, 0.25) is 0 Å². The van der Waals surface area contributed by atoms with Crippen molar-refractivity contribution in [3.8, 4) is 0 Å². The summed E-state index contributed by atoms with van der Waals surface area (Å²) in [5, 5.41) is 0. The number of nitrogens with two attached hydrogens (primary N) is 1. The Balaban J connectivity index is 4.30. The fourth-order valence-corrected chi connectivity index (χ4v) is 5.83. The van der Waals surface area contributed by atoms with Crippen molar-refractivity contribution in [3.63, 3.8) is 0 Å². The minimum Gasteiger partial charge on any atom is -0.462 e. The molecule has 0 heterocycles. The maximum absolute atomic E-state index is 12.6. The standard InChI is InChI=1S/C47H76NO8P/c1-3-5-7-9-11-13-15-17-19-21-22-24-25-27-29-31-33-35-37-39-46(49)53-43-45(44-55-57(51,52)54-42-41-48)56-47(50)40-38-36-34-32-30-28-26-23-20-18-16-14-12-10-8-6-4-2/h5-8,11-14,17-20,22,24,26-29,45H,3-4,9-10,15-16,21,23,25,30-44,48H2,1-2H3,(H,51,52). The summed E-state index contributed by atoms with van der Waals surface area (Å²) in [7, 11) is -4.40. The van der Waals surface area contributed by atoms with Gasteiger partial charge in [0.05, 0.1) is 13.2 Å². The van der Waals surface area contributed by atoms with Crippen molar-refractivity contribution in [2.75, 3.05) is 26.4 Å². The molecule has 0 radical (unpaired) electrons. The van der Waals surface area contributed by atoms with Crippen LogP contribution in [0.25, 0.3) is 0 Å². The van der Waals surface area contributed by atoms with Crippen molar-refractivity contribution >= 4 is 19.8 Å². The number of carbonyl (C=O) groups is 2. The lowest BCUT2D eigenvalue weighted by molar-refractivity contribution is -0.161. The first-order valence-corrected chi connectivity index (χ1v) is 22.9. The first-order chi connectivity index (χ1) is 27.8. The van der Waals surface area contributed by atoms with E-state index in [0.717, 1.165) is 103 Å². The number of hydrogen-bond donors (Lipinski definition) is 2. The summed E-state index contributed by atoms with van der Waals surface area (Å²) in [6.45, 7) is 3.40. The van der Waals surface area contributed by atoms with E-state index in [2.05, 4.69) is 123 Å². The second-order valence-corrected chi connectivity index (χ2v) is 14.9. The lowest BCUT2D eigenvalue weighted by Gasteiger charge is -2.19. The monoisotopic (exact) mass is 814 g/mol. The summed E-state index contributed by atoms with van der Waals surface area (Å²) < 4.78 is 32.7. The highest BCUT2D eigenvalue weighted by atomic mass is 31.2. The van der Waals surface area contributed by atoms with Crippen LogP contribution in [0.5, 0.6) is 0 Å². The van der Waals surface area contributed by atoms with E-state index in [9.17, 15) is 19.0 Å². The number of rotatable bonds is 38. The predicted octanol–water partition coefficient (Wildman–Crippen LogP) is 12.4. The topological polar surface area (TPSA) is 134 Å². The smallest absolute Gasteiger partial charge is 0.462 e. The van der Waals surface area contributed by atoms with E-state index in [-0.39, 0.29) is 32.6 Å². The summed E-state index contributed by atoms with van der Waals surface area (Å²) in [6, 6.07) is 0. The van der Waals surface area contributed by atoms with E-state index >= 15 is 0 Å². The summed E-state index contributed by atoms with van der Waals surface area (Å²) in [5.74, 6) is -0.907. The van der Waals surface area contributed by atoms with Gasteiger partial charge in [0, 0.05) is 19.4 Å². The van der Waals surface area contributed by atoms with Crippen molar-refractivity contribution in [3.05, 3.63) is 109 Å². The zero-order valence-corrected chi connectivity index (χ0v) is 36.2. The molecular weight excluding hydrogens is 737 g/mol. The van der Waals surface area contributed by atoms with Crippen molar-refractivity contribution in [1.82, 2.24) is 0 Å². The number of hydrogen-bond acceptors (Lipinski definition) is 8. The lowest BCUT2D eigenvalue weighted by Crippen LogP contribution is -2.29. The molecule has 0 aromatic heterocycles. The fourth-order valence-electron chi connectivity index (χ4n) is 5.06. The van der Waals surface area contributed by atoms with Crippen LogP contribution in [0.15, 0.2) is 109 Å². The third-order valence-electron chi connectivity index (χ3n) is 8.15. The molecule has 0 aromatic carbocycles. The van der Waals surface area contributed by atoms with Gasteiger partial charge in [0.2, 0.25) is 0 Å². The van der Waals surface area contributed by atoms with E-state index in [1.807, 2.05) is 0 Å². The van der Waals surface area contributed by atoms with E-state index in [1.54, 1.807) is 0 Å². The summed E-state index contributed by atoms with van der Waals surface area (Å²) in [4.78, 5) is 34.9. The zero-order chi connectivity index (χ0) is 41.8. The highest BCUT2D eigenvalue weighted by Gasteiger charge is 2.25. The molecule has 10 heteroatoms. The molecule has 322 valence electrons. The zero-order valence-electron chi connectivity index (χ0n) is 35.3. The molecular formula is C47H76NO8P. The summed E-state index contributed by atoms with van der Waals surface area (Å²) >= 11 is 0. The Kier molecular flexibility index (Phi) is 39.8. The first-order valence-electron chi connectivity index (χ1n) is 21.4. The van der Waals surface area contributed by atoms with Gasteiger partial charge in [-0.1, -0.05) is 142 Å². The maximum Gasteiger partial charge on any atom is 0.472 e. The van der Waals surface area contributed by atoms with E-state index < -0.39 is 32.5 Å². The average molecular weight is 814 g/mol. The van der Waals surface area contributed by atoms with Crippen LogP contribution in [-0.4, -0.2) is 49.3 Å². The number of esters is 2. The summed E-state index contributed by atoms with van der Waals surface area (Å²) in [5.41, 5.74) is 5.34. The van der Waals surface area contributed by atoms with Gasteiger partial charge in [-0.15, -0.1) is 0 Å². The number of allylic oxidation sites excluding steroid dienone is 18. The number of carbonyl (C=O) groups excluding carboxylic acids is 2. The molecule has 3 N–H and O–H groups in total. The van der Waals surface area contributed by atoms with Crippen molar-refractivity contribution < 1.29 is 37.6 Å². The molecule has 0 aromatic rings. The number of ether oxygens (including phenoxy) is 2. The molecule has 57 heavy (non-hydrogen) atoms. The molecule has 0 aliphatic carbocycles. The Morgan fingerprint density at radius 1 is 0.526 bits per heavy atom. The van der Waals surface area contributed by atoms with Gasteiger partial charge in [0.15, 0.2) is 6.10 Å². The Morgan fingerprint density at radius 3 is 1.35 bits per heavy atom. The minimum atomic E-state index is -4.40. The lowest BCUT2D eigenvalue weighted by atomic mass is 10.1. The van der Waals surface area contributed by atoms with Gasteiger partial charge in [0.25, 0.3) is 0 Å². The number of unbranched alkanes of at least 4 members (excludes halogenated alkanes) is 7. The Bertz CT molecular complexity index is 1290. The third kappa shape index (κ3) is 42.1. The Labute approximate surface area is 346 Å². The van der Waals surface area contributed by atoms with Gasteiger partial charge < -0.3 is 20.1 Å². The maximum atomic E-state index is 12.6. The van der Waals surface area contributed by atoms with Crippen molar-refractivity contribution in [2.45, 2.75) is 148 Å². The van der Waals surface area contributed by atoms with Crippen molar-refractivity contribution in [2.24, 2.45) is 5.73 Å². The normalized spacial score (nSPS) is 14.4. The van der Waals surface area contributed by atoms with Crippen LogP contribution in [-0.2, 0) is 32.7 Å². The van der Waals surface area contributed by atoms with Crippen molar-refractivity contribution in [1.29, 1.82) is 0 Å². The first kappa shape index (κ1) is 53.7. The fraction of sp³-hybridized carbons (Fsp3) is 0.574. The third-order valence-corrected chi connectivity index (χ3v) is 9.14. The molecule has 0 amide bonds. The molecule has 9 nitrogen and oxygen atoms in total. The second kappa shape index (κ2) is 42.3. The molecule has 0 bridgehead atoms. The predicted molar refractivity (Wildman–Crippen MR) is 238 cm³/mol. The second-order valence-electron chi connectivity index (χ2n) is 13.4. The van der Waals surface area contributed by atoms with Gasteiger partial charge in [-0.25, -0.2) is 4.57 Å². The molecule has 0 aliphatic heterocycles. The van der Waals surface area contributed by atoms with Gasteiger partial charge >= 0.3 is 19.8 Å². The minimum absolute atomic E-state index is 0.0374. The quantitative estimate of drug-likeness (QED) is 0.0270.